The number of carbonyl (C=O) groups excluding carboxylic acids is 2. The van der Waals surface area contributed by atoms with Gasteiger partial charge >= 0.3 is 0 Å². The van der Waals surface area contributed by atoms with E-state index < -0.39 is 5.66 Å². The lowest BCUT2D eigenvalue weighted by Gasteiger charge is -2.38. The van der Waals surface area contributed by atoms with Gasteiger partial charge < -0.3 is 10.2 Å². The number of allylic oxidation sites excluding steroid dienone is 2. The molecule has 0 amide bonds. The van der Waals surface area contributed by atoms with Crippen LogP contribution in [0.15, 0.2) is 96.3 Å². The van der Waals surface area contributed by atoms with Crippen molar-refractivity contribution in [1.82, 2.24) is 5.32 Å². The van der Waals surface area contributed by atoms with Crippen molar-refractivity contribution >= 4 is 17.3 Å². The van der Waals surface area contributed by atoms with E-state index >= 15 is 0 Å². The molecule has 3 aromatic rings. The maximum absolute atomic E-state index is 13.5. The Labute approximate surface area is 163 Å². The number of nitrogens with one attached hydrogen (secondary N) is 1. The van der Waals surface area contributed by atoms with Crippen LogP contribution in [0.1, 0.15) is 33.2 Å². The highest BCUT2D eigenvalue weighted by atomic mass is 16.1. The highest BCUT2D eigenvalue weighted by Gasteiger charge is 2.50. The van der Waals surface area contributed by atoms with Crippen LogP contribution in [0.4, 0.5) is 5.69 Å². The van der Waals surface area contributed by atoms with E-state index in [-0.39, 0.29) is 11.6 Å². The Bertz CT molecular complexity index is 1140. The fraction of sp³-hybridized carbons (Fsp3) is 0.0833. The molecule has 1 aliphatic carbocycles. The molecule has 0 aromatic heterocycles. The topological polar surface area (TPSA) is 49.4 Å². The number of rotatable bonds is 2. The predicted molar refractivity (Wildman–Crippen MR) is 108 cm³/mol. The first-order valence-electron chi connectivity index (χ1n) is 9.23. The lowest BCUT2D eigenvalue weighted by molar-refractivity contribution is 0.0973. The molecule has 2 aliphatic rings. The SMILES string of the molecule is CC1(c2ccccc2)NC2=C(C(=O)c3ccccc3C2=O)N1c1ccccc1. The minimum absolute atomic E-state index is 0.138. The minimum Gasteiger partial charge on any atom is -0.354 e. The molecule has 1 atom stereocenters. The molecule has 0 fully saturated rings. The van der Waals surface area contributed by atoms with E-state index in [1.165, 1.54) is 0 Å². The molecule has 1 N–H and O–H groups in total. The molecule has 1 unspecified atom stereocenters. The fourth-order valence-electron chi connectivity index (χ4n) is 4.14. The van der Waals surface area contributed by atoms with E-state index in [1.54, 1.807) is 24.3 Å². The monoisotopic (exact) mass is 366 g/mol. The largest absolute Gasteiger partial charge is 0.354 e. The Morgan fingerprint density at radius 1 is 0.714 bits per heavy atom. The van der Waals surface area contributed by atoms with Gasteiger partial charge in [0, 0.05) is 16.8 Å². The zero-order valence-electron chi connectivity index (χ0n) is 15.3. The zero-order chi connectivity index (χ0) is 19.3. The summed E-state index contributed by atoms with van der Waals surface area (Å²) in [6.07, 6.45) is 0. The number of carbonyl (C=O) groups is 2. The Balaban J connectivity index is 1.76. The van der Waals surface area contributed by atoms with E-state index in [0.29, 0.717) is 22.5 Å². The summed E-state index contributed by atoms with van der Waals surface area (Å²) < 4.78 is 0. The molecule has 4 heteroatoms. The fourth-order valence-corrected chi connectivity index (χ4v) is 4.14. The van der Waals surface area contributed by atoms with Crippen molar-refractivity contribution in [3.8, 4) is 0 Å². The maximum Gasteiger partial charge on any atom is 0.212 e. The first-order chi connectivity index (χ1) is 13.6. The quantitative estimate of drug-likeness (QED) is 0.736. The van der Waals surface area contributed by atoms with Gasteiger partial charge in [-0.1, -0.05) is 72.8 Å². The van der Waals surface area contributed by atoms with E-state index in [2.05, 4.69) is 5.32 Å². The molecular weight excluding hydrogens is 348 g/mol. The second kappa shape index (κ2) is 5.92. The lowest BCUT2D eigenvalue weighted by Crippen LogP contribution is -2.48. The molecule has 1 heterocycles. The normalized spacial score (nSPS) is 20.7. The molecular formula is C24H18N2O2. The summed E-state index contributed by atoms with van der Waals surface area (Å²) in [7, 11) is 0. The Hall–Kier alpha value is -3.66. The van der Waals surface area contributed by atoms with Crippen LogP contribution in [0.3, 0.4) is 0 Å². The number of hydrogen-bond acceptors (Lipinski definition) is 4. The van der Waals surface area contributed by atoms with E-state index in [1.807, 2.05) is 72.5 Å². The standard InChI is InChI=1S/C24H18N2O2/c1-24(16-10-4-2-5-11-16)25-20-21(26(24)17-12-6-3-7-13-17)23(28)19-15-9-8-14-18(19)22(20)27/h2-15,25H,1H3. The van der Waals surface area contributed by atoms with Crippen molar-refractivity contribution in [2.24, 2.45) is 0 Å². The van der Waals surface area contributed by atoms with Crippen LogP contribution in [0.25, 0.3) is 0 Å². The summed E-state index contributed by atoms with van der Waals surface area (Å²) in [4.78, 5) is 28.6. The van der Waals surface area contributed by atoms with Gasteiger partial charge in [0.2, 0.25) is 11.6 Å². The molecule has 4 nitrogen and oxygen atoms in total. The van der Waals surface area contributed by atoms with Gasteiger partial charge in [0.1, 0.15) is 17.1 Å². The minimum atomic E-state index is -0.763. The van der Waals surface area contributed by atoms with Gasteiger partial charge in [-0.15, -0.1) is 0 Å². The van der Waals surface area contributed by atoms with Gasteiger partial charge in [-0.3, -0.25) is 9.59 Å². The Kier molecular flexibility index (Phi) is 3.49. The molecule has 28 heavy (non-hydrogen) atoms. The van der Waals surface area contributed by atoms with Crippen molar-refractivity contribution in [3.05, 3.63) is 113 Å². The average molecular weight is 366 g/mol. The van der Waals surface area contributed by atoms with Crippen molar-refractivity contribution in [3.63, 3.8) is 0 Å². The third-order valence-corrected chi connectivity index (χ3v) is 5.48. The molecule has 0 saturated heterocycles. The van der Waals surface area contributed by atoms with Crippen LogP contribution in [0.2, 0.25) is 0 Å². The highest BCUT2D eigenvalue weighted by molar-refractivity contribution is 6.28. The van der Waals surface area contributed by atoms with Gasteiger partial charge in [0.05, 0.1) is 0 Å². The third-order valence-electron chi connectivity index (χ3n) is 5.48. The Morgan fingerprint density at radius 2 is 1.25 bits per heavy atom. The van der Waals surface area contributed by atoms with Gasteiger partial charge in [0.25, 0.3) is 0 Å². The average Bonchev–Trinajstić information content (AvgIpc) is 3.08. The number of nitrogens with zero attached hydrogens (tertiary/aromatic N) is 1. The lowest BCUT2D eigenvalue weighted by atomic mass is 9.90. The number of benzene rings is 3. The first kappa shape index (κ1) is 16.5. The third kappa shape index (κ3) is 2.18. The number of ketones is 2. The molecule has 5 rings (SSSR count). The number of Topliss-reactive ketones (excluding diaryl/α,β-unsaturated/α-hetero) is 2. The molecule has 3 aromatic carbocycles. The summed E-state index contributed by atoms with van der Waals surface area (Å²) in [5, 5.41) is 3.39. The predicted octanol–water partition coefficient (Wildman–Crippen LogP) is 4.26. The summed E-state index contributed by atoms with van der Waals surface area (Å²) >= 11 is 0. The molecule has 136 valence electrons. The van der Waals surface area contributed by atoms with E-state index in [0.717, 1.165) is 11.3 Å². The van der Waals surface area contributed by atoms with Crippen molar-refractivity contribution < 1.29 is 9.59 Å². The number of anilines is 1. The van der Waals surface area contributed by atoms with Crippen LogP contribution in [0.5, 0.6) is 0 Å². The number of fused-ring (bicyclic) bond motifs is 1. The van der Waals surface area contributed by atoms with Crippen LogP contribution in [-0.2, 0) is 5.66 Å². The maximum atomic E-state index is 13.5. The second-order valence-corrected chi connectivity index (χ2v) is 7.16. The van der Waals surface area contributed by atoms with E-state index in [9.17, 15) is 9.59 Å². The molecule has 0 spiro atoms. The summed E-state index contributed by atoms with van der Waals surface area (Å²) in [5.41, 5.74) is 2.72. The zero-order valence-corrected chi connectivity index (χ0v) is 15.3. The van der Waals surface area contributed by atoms with Crippen LogP contribution >= 0.6 is 0 Å². The van der Waals surface area contributed by atoms with Crippen molar-refractivity contribution in [1.29, 1.82) is 0 Å². The first-order valence-corrected chi connectivity index (χ1v) is 9.23. The highest BCUT2D eigenvalue weighted by Crippen LogP contribution is 2.44. The van der Waals surface area contributed by atoms with Gasteiger partial charge in [-0.2, -0.15) is 0 Å². The number of hydrogen-bond donors (Lipinski definition) is 1. The molecule has 1 aliphatic heterocycles. The molecule has 0 radical (unpaired) electrons. The Morgan fingerprint density at radius 3 is 1.89 bits per heavy atom. The van der Waals surface area contributed by atoms with Crippen molar-refractivity contribution in [2.45, 2.75) is 12.6 Å². The molecule has 0 bridgehead atoms. The van der Waals surface area contributed by atoms with Gasteiger partial charge in [0.15, 0.2) is 0 Å². The van der Waals surface area contributed by atoms with Crippen LogP contribution < -0.4 is 10.2 Å². The van der Waals surface area contributed by atoms with Crippen LogP contribution in [-0.4, -0.2) is 11.6 Å². The summed E-state index contributed by atoms with van der Waals surface area (Å²) in [6.45, 7) is 2.00. The van der Waals surface area contributed by atoms with Gasteiger partial charge in [-0.25, -0.2) is 0 Å². The number of para-hydroxylation sites is 1. The summed E-state index contributed by atoms with van der Waals surface area (Å²) in [5.74, 6) is -0.285. The molecule has 0 saturated carbocycles. The van der Waals surface area contributed by atoms with E-state index in [4.69, 9.17) is 0 Å². The van der Waals surface area contributed by atoms with Crippen molar-refractivity contribution in [2.75, 3.05) is 4.90 Å². The van der Waals surface area contributed by atoms with Gasteiger partial charge in [-0.05, 0) is 24.6 Å². The van der Waals surface area contributed by atoms with Crippen LogP contribution in [0, 0.1) is 0 Å². The summed E-state index contributed by atoms with van der Waals surface area (Å²) in [6, 6.07) is 26.6. The second-order valence-electron chi connectivity index (χ2n) is 7.16. The smallest absolute Gasteiger partial charge is 0.212 e.